The third-order valence-corrected chi connectivity index (χ3v) is 8.34. The van der Waals surface area contributed by atoms with Crippen molar-refractivity contribution in [1.82, 2.24) is 9.80 Å². The normalized spacial score (nSPS) is 24.9. The highest BCUT2D eigenvalue weighted by molar-refractivity contribution is 5.94. The maximum absolute atomic E-state index is 13.8. The molecule has 7 rings (SSSR count). The van der Waals surface area contributed by atoms with Crippen LogP contribution in [0.3, 0.4) is 0 Å². The lowest BCUT2D eigenvalue weighted by Gasteiger charge is -2.45. The lowest BCUT2D eigenvalue weighted by molar-refractivity contribution is -0.134. The third-order valence-electron chi connectivity index (χ3n) is 8.34. The van der Waals surface area contributed by atoms with Gasteiger partial charge in [0, 0.05) is 24.8 Å². The average Bonchev–Trinajstić information content (AvgIpc) is 3.56. The Morgan fingerprint density at radius 3 is 2.43 bits per heavy atom. The first kappa shape index (κ1) is 22.5. The maximum atomic E-state index is 13.8. The van der Waals surface area contributed by atoms with Crippen molar-refractivity contribution >= 4 is 22.4 Å². The molecule has 1 amide bonds. The van der Waals surface area contributed by atoms with E-state index in [0.717, 1.165) is 44.6 Å². The molecule has 1 aliphatic carbocycles. The topological polar surface area (TPSA) is 39.3 Å². The van der Waals surface area contributed by atoms with Crippen LogP contribution in [0.15, 0.2) is 60.7 Å². The lowest BCUT2D eigenvalue weighted by Crippen LogP contribution is -2.57. The van der Waals surface area contributed by atoms with Crippen molar-refractivity contribution in [3.8, 4) is 0 Å². The first-order valence-electron chi connectivity index (χ1n) is 12.3. The van der Waals surface area contributed by atoms with E-state index in [1.807, 2.05) is 17.0 Å². The summed E-state index contributed by atoms with van der Waals surface area (Å²) in [5.74, 6) is -0.0554. The summed E-state index contributed by atoms with van der Waals surface area (Å²) in [7, 11) is 0. The van der Waals surface area contributed by atoms with Gasteiger partial charge in [-0.1, -0.05) is 43.8 Å². The summed E-state index contributed by atoms with van der Waals surface area (Å²) in [6.45, 7) is 3.65. The van der Waals surface area contributed by atoms with Gasteiger partial charge < -0.3 is 14.5 Å². The molecular weight excluding hydrogens is 441 g/mol. The molecule has 4 aliphatic rings. The highest BCUT2D eigenvalue weighted by atomic mass is 19.1. The Morgan fingerprint density at radius 2 is 1.71 bits per heavy atom. The summed E-state index contributed by atoms with van der Waals surface area (Å²) in [6.07, 6.45) is 2.73. The van der Waals surface area contributed by atoms with E-state index in [9.17, 15) is 9.18 Å². The lowest BCUT2D eigenvalue weighted by atomic mass is 9.84. The summed E-state index contributed by atoms with van der Waals surface area (Å²) in [5, 5.41) is 2.73. The monoisotopic (exact) mass is 473 g/mol. The molecule has 5 nitrogen and oxygen atoms in total. The van der Waals surface area contributed by atoms with Crippen LogP contribution in [0.4, 0.5) is 10.1 Å². The van der Waals surface area contributed by atoms with Gasteiger partial charge in [0.05, 0.1) is 25.9 Å². The summed E-state index contributed by atoms with van der Waals surface area (Å²) in [5.41, 5.74) is 3.20. The van der Waals surface area contributed by atoms with Crippen molar-refractivity contribution in [1.29, 1.82) is 0 Å². The average molecular weight is 474 g/mol. The van der Waals surface area contributed by atoms with Crippen LogP contribution in [0.2, 0.25) is 0 Å². The Bertz CT molecular complexity index is 1260. The van der Waals surface area contributed by atoms with Crippen molar-refractivity contribution in [2.45, 2.75) is 44.4 Å². The van der Waals surface area contributed by atoms with Gasteiger partial charge in [-0.3, -0.25) is 9.69 Å². The molecule has 0 aromatic heterocycles. The fourth-order valence-corrected chi connectivity index (χ4v) is 6.52. The molecule has 3 aromatic carbocycles. The van der Waals surface area contributed by atoms with E-state index in [1.54, 1.807) is 0 Å². The number of hydrogen-bond donors (Lipinski definition) is 0. The number of carbonyl (C=O) groups excluding carboxylic acids is 1. The van der Waals surface area contributed by atoms with E-state index >= 15 is 0 Å². The zero-order valence-electron chi connectivity index (χ0n) is 19.1. The van der Waals surface area contributed by atoms with Crippen molar-refractivity contribution in [2.24, 2.45) is 0 Å². The van der Waals surface area contributed by atoms with Crippen LogP contribution in [0, 0.1) is 5.82 Å². The Morgan fingerprint density at radius 1 is 1.00 bits per heavy atom. The minimum Gasteiger partial charge on any atom is -0.371 e. The van der Waals surface area contributed by atoms with Crippen LogP contribution >= 0.6 is 0 Å². The molecule has 6 heteroatoms. The Labute approximate surface area is 206 Å². The summed E-state index contributed by atoms with van der Waals surface area (Å²) < 4.78 is 19.1. The number of ether oxygens (including phenoxy) is 1. The number of likely N-dealkylation sites (tertiary alicyclic amines) is 1. The molecule has 0 bridgehead atoms. The molecule has 2 atom stereocenters. The van der Waals surface area contributed by atoms with Gasteiger partial charge in [0.15, 0.2) is 0 Å². The molecule has 3 aromatic rings. The van der Waals surface area contributed by atoms with Crippen LogP contribution in [0.5, 0.6) is 0 Å². The summed E-state index contributed by atoms with van der Waals surface area (Å²) in [4.78, 5) is 20.5. The SMILES string of the molecule is C.O=C1N(C[C@@H]2CO2)CN(c2ccc(F)cc2)C12CCN([C@@H]1Cc3cccc4cccc1c34)CC2. The molecule has 0 saturated carbocycles. The number of amides is 1. The van der Waals surface area contributed by atoms with Gasteiger partial charge in [0.2, 0.25) is 5.91 Å². The summed E-state index contributed by atoms with van der Waals surface area (Å²) >= 11 is 0. The minimum atomic E-state index is -0.569. The number of benzene rings is 3. The predicted octanol–water partition coefficient (Wildman–Crippen LogP) is 4.75. The molecule has 0 radical (unpaired) electrons. The predicted molar refractivity (Wildman–Crippen MR) is 136 cm³/mol. The zero-order chi connectivity index (χ0) is 22.9. The second-order valence-electron chi connectivity index (χ2n) is 10.2. The molecule has 1 spiro atoms. The zero-order valence-corrected chi connectivity index (χ0v) is 19.1. The van der Waals surface area contributed by atoms with Gasteiger partial charge in [-0.15, -0.1) is 0 Å². The number of halogens is 1. The van der Waals surface area contributed by atoms with Crippen LogP contribution in [0.25, 0.3) is 10.8 Å². The van der Waals surface area contributed by atoms with Crippen molar-refractivity contribution < 1.29 is 13.9 Å². The first-order valence-corrected chi connectivity index (χ1v) is 12.3. The smallest absolute Gasteiger partial charge is 0.250 e. The largest absolute Gasteiger partial charge is 0.371 e. The van der Waals surface area contributed by atoms with Gasteiger partial charge in [-0.25, -0.2) is 4.39 Å². The van der Waals surface area contributed by atoms with Crippen LogP contribution < -0.4 is 4.90 Å². The molecular formula is C29H32FN3O2. The minimum absolute atomic E-state index is 0. The third kappa shape index (κ3) is 3.54. The van der Waals surface area contributed by atoms with E-state index < -0.39 is 5.54 Å². The van der Waals surface area contributed by atoms with Crippen LogP contribution in [0.1, 0.15) is 37.4 Å². The maximum Gasteiger partial charge on any atom is 0.250 e. The number of piperidine rings is 1. The van der Waals surface area contributed by atoms with Crippen LogP contribution in [-0.2, 0) is 16.0 Å². The Balaban J connectivity index is 0.00000229. The number of nitrogens with zero attached hydrogens (tertiary/aromatic N) is 3. The highest BCUT2D eigenvalue weighted by Gasteiger charge is 2.55. The molecule has 35 heavy (non-hydrogen) atoms. The van der Waals surface area contributed by atoms with Crippen molar-refractivity contribution in [2.75, 3.05) is 37.8 Å². The molecule has 0 unspecified atom stereocenters. The van der Waals surface area contributed by atoms with Gasteiger partial charge in [-0.2, -0.15) is 0 Å². The quantitative estimate of drug-likeness (QED) is 0.513. The van der Waals surface area contributed by atoms with E-state index in [0.29, 0.717) is 19.3 Å². The fraction of sp³-hybridized carbons (Fsp3) is 0.414. The van der Waals surface area contributed by atoms with Crippen molar-refractivity contribution in [3.63, 3.8) is 0 Å². The van der Waals surface area contributed by atoms with E-state index in [1.165, 1.54) is 34.0 Å². The molecule has 3 fully saturated rings. The van der Waals surface area contributed by atoms with Crippen molar-refractivity contribution in [3.05, 3.63) is 77.6 Å². The second-order valence-corrected chi connectivity index (χ2v) is 10.2. The standard InChI is InChI=1S/C28H28FN3O2.CH4/c29-21-7-9-22(10-8-21)32-18-31(16-23-17-34-23)27(33)28(32)11-13-30(14-12-28)25-15-20-5-1-3-19-4-2-6-24(25)26(19)20;/h1-10,23,25H,11-18H2;1H4/t23-,25-;/m1./s1. The first-order chi connectivity index (χ1) is 16.6. The number of hydrogen-bond acceptors (Lipinski definition) is 4. The Hall–Kier alpha value is -2.96. The summed E-state index contributed by atoms with van der Waals surface area (Å²) in [6, 6.07) is 20.2. The molecule has 3 aliphatic heterocycles. The number of anilines is 1. The fourth-order valence-electron chi connectivity index (χ4n) is 6.52. The van der Waals surface area contributed by atoms with Gasteiger partial charge in [-0.05, 0) is 65.4 Å². The number of carbonyl (C=O) groups is 1. The molecule has 0 N–H and O–H groups in total. The molecule has 182 valence electrons. The molecule has 3 saturated heterocycles. The van der Waals surface area contributed by atoms with E-state index in [-0.39, 0.29) is 25.3 Å². The number of rotatable bonds is 4. The van der Waals surface area contributed by atoms with E-state index in [4.69, 9.17) is 4.74 Å². The second kappa shape index (κ2) is 8.32. The Kier molecular flexibility index (Phi) is 5.35. The van der Waals surface area contributed by atoms with Gasteiger partial charge >= 0.3 is 0 Å². The molecule has 3 heterocycles. The van der Waals surface area contributed by atoms with Gasteiger partial charge in [0.1, 0.15) is 11.4 Å². The van der Waals surface area contributed by atoms with E-state index in [2.05, 4.69) is 46.2 Å². The highest BCUT2D eigenvalue weighted by Crippen LogP contribution is 2.45. The van der Waals surface area contributed by atoms with Gasteiger partial charge in [0.25, 0.3) is 0 Å². The number of epoxide rings is 1. The van der Waals surface area contributed by atoms with Crippen LogP contribution in [-0.4, -0.2) is 60.3 Å².